The van der Waals surface area contributed by atoms with Crippen molar-refractivity contribution in [2.45, 2.75) is 13.8 Å². The van der Waals surface area contributed by atoms with Crippen LogP contribution >= 0.6 is 0 Å². The molecule has 0 radical (unpaired) electrons. The summed E-state index contributed by atoms with van der Waals surface area (Å²) in [5, 5.41) is 1.86. The lowest BCUT2D eigenvalue weighted by Crippen LogP contribution is -2.38. The van der Waals surface area contributed by atoms with Gasteiger partial charge in [-0.05, 0) is 26.0 Å². The highest BCUT2D eigenvalue weighted by Crippen LogP contribution is 2.20. The van der Waals surface area contributed by atoms with Crippen LogP contribution in [0.5, 0.6) is 5.75 Å². The number of primary amides is 1. The van der Waals surface area contributed by atoms with Gasteiger partial charge in [0.2, 0.25) is 0 Å². The molecule has 1 aromatic rings. The normalized spacial score (nSPS) is 9.67. The summed E-state index contributed by atoms with van der Waals surface area (Å²) in [4.78, 5) is 33.0. The fourth-order valence-electron chi connectivity index (χ4n) is 1.36. The van der Waals surface area contributed by atoms with Crippen molar-refractivity contribution in [3.05, 3.63) is 29.3 Å². The van der Waals surface area contributed by atoms with Gasteiger partial charge in [-0.3, -0.25) is 14.9 Å². The van der Waals surface area contributed by atoms with E-state index in [0.717, 1.165) is 5.56 Å². The fourth-order valence-corrected chi connectivity index (χ4v) is 1.36. The zero-order valence-corrected chi connectivity index (χ0v) is 10.1. The second-order valence-electron chi connectivity index (χ2n) is 3.76. The number of hydrogen-bond acceptors (Lipinski definition) is 4. The molecule has 0 saturated carbocycles. The zero-order chi connectivity index (χ0) is 13.7. The van der Waals surface area contributed by atoms with E-state index in [1.54, 1.807) is 18.2 Å². The fraction of sp³-hybridized carbons (Fsp3) is 0.250. The highest BCUT2D eigenvalue weighted by molar-refractivity contribution is 5.97. The van der Waals surface area contributed by atoms with Gasteiger partial charge in [0.05, 0.1) is 5.56 Å². The molecule has 0 aliphatic heterocycles. The number of imide groups is 1. The first-order valence-corrected chi connectivity index (χ1v) is 5.24. The molecular formula is C12H14N2O4. The van der Waals surface area contributed by atoms with Crippen LogP contribution in [-0.4, -0.2) is 24.3 Å². The van der Waals surface area contributed by atoms with Crippen molar-refractivity contribution in [3.63, 3.8) is 0 Å². The van der Waals surface area contributed by atoms with Crippen molar-refractivity contribution in [1.29, 1.82) is 0 Å². The molecule has 0 fully saturated rings. The van der Waals surface area contributed by atoms with Crippen molar-refractivity contribution in [2.24, 2.45) is 5.73 Å². The van der Waals surface area contributed by atoms with E-state index in [0.29, 0.717) is 11.3 Å². The molecule has 3 N–H and O–H groups in total. The summed E-state index contributed by atoms with van der Waals surface area (Å²) in [6, 6.07) is 4.08. The van der Waals surface area contributed by atoms with Crippen LogP contribution in [0.2, 0.25) is 0 Å². The average molecular weight is 250 g/mol. The van der Waals surface area contributed by atoms with Gasteiger partial charge in [-0.1, -0.05) is 11.6 Å². The number of nitrogens with two attached hydrogens (primary N) is 1. The Morgan fingerprint density at radius 3 is 2.56 bits per heavy atom. The van der Waals surface area contributed by atoms with Crippen LogP contribution in [0, 0.1) is 6.92 Å². The van der Waals surface area contributed by atoms with Gasteiger partial charge in [0.25, 0.3) is 5.91 Å². The molecule has 0 aliphatic carbocycles. The second-order valence-corrected chi connectivity index (χ2v) is 3.76. The Morgan fingerprint density at radius 2 is 2.00 bits per heavy atom. The molecule has 1 rings (SSSR count). The van der Waals surface area contributed by atoms with Crippen molar-refractivity contribution in [2.75, 3.05) is 6.61 Å². The molecule has 0 saturated heterocycles. The maximum absolute atomic E-state index is 11.4. The number of carbonyl (C=O) groups excluding carboxylic acids is 3. The summed E-state index contributed by atoms with van der Waals surface area (Å²) >= 11 is 0. The van der Waals surface area contributed by atoms with E-state index < -0.39 is 11.9 Å². The molecule has 96 valence electrons. The van der Waals surface area contributed by atoms with Crippen LogP contribution in [0.25, 0.3) is 0 Å². The topological polar surface area (TPSA) is 98.5 Å². The number of aryl methyl sites for hydroxylation is 1. The van der Waals surface area contributed by atoms with Crippen LogP contribution in [0.15, 0.2) is 18.2 Å². The summed E-state index contributed by atoms with van der Waals surface area (Å²) in [7, 11) is 0. The lowest BCUT2D eigenvalue weighted by Gasteiger charge is -2.09. The summed E-state index contributed by atoms with van der Waals surface area (Å²) in [5.74, 6) is -0.533. The molecule has 6 nitrogen and oxygen atoms in total. The van der Waals surface area contributed by atoms with Gasteiger partial charge in [0, 0.05) is 0 Å². The van der Waals surface area contributed by atoms with E-state index >= 15 is 0 Å². The zero-order valence-electron chi connectivity index (χ0n) is 10.1. The molecule has 0 spiro atoms. The van der Waals surface area contributed by atoms with E-state index in [1.807, 2.05) is 12.2 Å². The highest BCUT2D eigenvalue weighted by atomic mass is 16.5. The average Bonchev–Trinajstić information content (AvgIpc) is 2.26. The van der Waals surface area contributed by atoms with Crippen molar-refractivity contribution in [3.8, 4) is 5.75 Å². The van der Waals surface area contributed by atoms with Crippen molar-refractivity contribution in [1.82, 2.24) is 5.32 Å². The molecular weight excluding hydrogens is 236 g/mol. The second kappa shape index (κ2) is 5.81. The van der Waals surface area contributed by atoms with Crippen LogP contribution in [0.1, 0.15) is 22.8 Å². The Labute approximate surface area is 104 Å². The molecule has 0 atom stereocenters. The van der Waals surface area contributed by atoms with Gasteiger partial charge in [0.15, 0.2) is 12.4 Å². The predicted molar refractivity (Wildman–Crippen MR) is 64.4 cm³/mol. The molecule has 0 unspecified atom stereocenters. The SMILES string of the molecule is CC(=O)c1cc(C)ccc1OCC(=O)NC(N)=O. The Balaban J connectivity index is 2.76. The highest BCUT2D eigenvalue weighted by Gasteiger charge is 2.11. The molecule has 18 heavy (non-hydrogen) atoms. The van der Waals surface area contributed by atoms with Crippen molar-refractivity contribution >= 4 is 17.7 Å². The lowest BCUT2D eigenvalue weighted by atomic mass is 10.1. The van der Waals surface area contributed by atoms with Crippen LogP contribution in [-0.2, 0) is 4.79 Å². The third-order valence-electron chi connectivity index (χ3n) is 2.14. The van der Waals surface area contributed by atoms with E-state index in [9.17, 15) is 14.4 Å². The first kappa shape index (κ1) is 13.7. The maximum atomic E-state index is 11.4. The standard InChI is InChI=1S/C12H14N2O4/c1-7-3-4-10(9(5-7)8(2)15)18-6-11(16)14-12(13)17/h3-5H,6H2,1-2H3,(H3,13,14,16,17). The molecule has 0 heterocycles. The van der Waals surface area contributed by atoms with Gasteiger partial charge in [0.1, 0.15) is 5.75 Å². The number of benzene rings is 1. The quantitative estimate of drug-likeness (QED) is 0.771. The molecule has 3 amide bonds. The number of amides is 3. The Morgan fingerprint density at radius 1 is 1.33 bits per heavy atom. The smallest absolute Gasteiger partial charge is 0.318 e. The van der Waals surface area contributed by atoms with Crippen LogP contribution in [0.4, 0.5) is 4.79 Å². The lowest BCUT2D eigenvalue weighted by molar-refractivity contribution is -0.121. The van der Waals surface area contributed by atoms with Gasteiger partial charge in [-0.15, -0.1) is 0 Å². The maximum Gasteiger partial charge on any atom is 0.318 e. The van der Waals surface area contributed by atoms with E-state index in [-0.39, 0.29) is 12.4 Å². The summed E-state index contributed by atoms with van der Waals surface area (Å²) in [5.41, 5.74) is 6.08. The number of ketones is 1. The third kappa shape index (κ3) is 3.89. The minimum atomic E-state index is -0.945. The predicted octanol–water partition coefficient (Wildman–Crippen LogP) is 0.771. The minimum absolute atomic E-state index is 0.163. The number of hydrogen-bond donors (Lipinski definition) is 2. The Hall–Kier alpha value is -2.37. The molecule has 0 bridgehead atoms. The van der Waals surface area contributed by atoms with Gasteiger partial charge >= 0.3 is 6.03 Å². The minimum Gasteiger partial charge on any atom is -0.483 e. The molecule has 0 aromatic heterocycles. The number of carbonyl (C=O) groups is 3. The Kier molecular flexibility index (Phi) is 4.42. The van der Waals surface area contributed by atoms with Gasteiger partial charge < -0.3 is 10.5 Å². The molecule has 0 aliphatic rings. The monoisotopic (exact) mass is 250 g/mol. The van der Waals surface area contributed by atoms with Crippen LogP contribution in [0.3, 0.4) is 0 Å². The third-order valence-corrected chi connectivity index (χ3v) is 2.14. The van der Waals surface area contributed by atoms with E-state index in [1.165, 1.54) is 6.92 Å². The van der Waals surface area contributed by atoms with Gasteiger partial charge in [-0.25, -0.2) is 4.79 Å². The number of urea groups is 1. The van der Waals surface area contributed by atoms with Gasteiger partial charge in [-0.2, -0.15) is 0 Å². The largest absolute Gasteiger partial charge is 0.483 e. The number of nitrogens with one attached hydrogen (secondary N) is 1. The summed E-state index contributed by atoms with van der Waals surface area (Å²) in [6.45, 7) is 2.87. The number of ether oxygens (including phenoxy) is 1. The first-order chi connectivity index (χ1) is 8.40. The number of rotatable bonds is 4. The van der Waals surface area contributed by atoms with E-state index in [2.05, 4.69) is 0 Å². The summed E-state index contributed by atoms with van der Waals surface area (Å²) in [6.07, 6.45) is 0. The first-order valence-electron chi connectivity index (χ1n) is 5.24. The Bertz CT molecular complexity index is 497. The van der Waals surface area contributed by atoms with E-state index in [4.69, 9.17) is 10.5 Å². The molecule has 6 heteroatoms. The van der Waals surface area contributed by atoms with Crippen molar-refractivity contribution < 1.29 is 19.1 Å². The number of Topliss-reactive ketones (excluding diaryl/α,β-unsaturated/α-hetero) is 1. The summed E-state index contributed by atoms with van der Waals surface area (Å²) < 4.78 is 5.18. The van der Waals surface area contributed by atoms with Crippen LogP contribution < -0.4 is 15.8 Å². The molecule has 1 aromatic carbocycles.